The van der Waals surface area contributed by atoms with Crippen LogP contribution in [0.5, 0.6) is 5.75 Å². The second kappa shape index (κ2) is 10.2. The third kappa shape index (κ3) is 5.82. The Balaban J connectivity index is 1.68. The van der Waals surface area contributed by atoms with Crippen LogP contribution >= 0.6 is 0 Å². The highest BCUT2D eigenvalue weighted by Gasteiger charge is 2.19. The van der Waals surface area contributed by atoms with Gasteiger partial charge < -0.3 is 20.5 Å². The lowest BCUT2D eigenvalue weighted by Gasteiger charge is -2.19. The Hall–Kier alpha value is -3.87. The molecule has 0 saturated carbocycles. The van der Waals surface area contributed by atoms with E-state index in [1.807, 2.05) is 6.92 Å². The molecule has 2 aromatic rings. The lowest BCUT2D eigenvalue weighted by molar-refractivity contribution is -0.112. The molecular formula is C24H24N2O5. The number of benzene rings is 2. The zero-order chi connectivity index (χ0) is 22.2. The summed E-state index contributed by atoms with van der Waals surface area (Å²) in [5, 5.41) is 14.8. The highest BCUT2D eigenvalue weighted by atomic mass is 16.5. The van der Waals surface area contributed by atoms with Crippen LogP contribution in [0.1, 0.15) is 40.5 Å². The van der Waals surface area contributed by atoms with Gasteiger partial charge in [0.15, 0.2) is 0 Å². The predicted octanol–water partition coefficient (Wildman–Crippen LogP) is 3.80. The topological polar surface area (TPSA) is 105 Å². The van der Waals surface area contributed by atoms with Crippen LogP contribution < -0.4 is 15.4 Å². The number of para-hydroxylation sites is 1. The highest BCUT2D eigenvalue weighted by Crippen LogP contribution is 2.19. The molecule has 2 amide bonds. The first-order valence-corrected chi connectivity index (χ1v) is 10.0. The van der Waals surface area contributed by atoms with Gasteiger partial charge in [0.05, 0.1) is 23.9 Å². The Kier molecular flexibility index (Phi) is 7.22. The second-order valence-electron chi connectivity index (χ2n) is 7.02. The van der Waals surface area contributed by atoms with Gasteiger partial charge in [-0.15, -0.1) is 0 Å². The van der Waals surface area contributed by atoms with Gasteiger partial charge in [0.1, 0.15) is 5.75 Å². The van der Waals surface area contributed by atoms with Crippen LogP contribution in [0, 0.1) is 0 Å². The summed E-state index contributed by atoms with van der Waals surface area (Å²) < 4.78 is 5.57. The van der Waals surface area contributed by atoms with Crippen molar-refractivity contribution in [2.75, 3.05) is 11.9 Å². The van der Waals surface area contributed by atoms with Crippen LogP contribution in [0.4, 0.5) is 5.69 Å². The maximum Gasteiger partial charge on any atom is 0.337 e. The van der Waals surface area contributed by atoms with Crippen molar-refractivity contribution in [1.82, 2.24) is 5.32 Å². The van der Waals surface area contributed by atoms with Crippen molar-refractivity contribution in [1.29, 1.82) is 0 Å². The summed E-state index contributed by atoms with van der Waals surface area (Å²) >= 11 is 0. The fourth-order valence-corrected chi connectivity index (χ4v) is 3.11. The fourth-order valence-electron chi connectivity index (χ4n) is 3.11. The molecule has 160 valence electrons. The third-order valence-electron chi connectivity index (χ3n) is 4.62. The van der Waals surface area contributed by atoms with E-state index in [4.69, 9.17) is 4.74 Å². The number of rotatable bonds is 8. The molecule has 1 atom stereocenters. The smallest absolute Gasteiger partial charge is 0.337 e. The minimum Gasteiger partial charge on any atom is -0.494 e. The van der Waals surface area contributed by atoms with Gasteiger partial charge in [0, 0.05) is 11.1 Å². The molecule has 3 N–H and O–H groups in total. The molecule has 0 fully saturated rings. The molecule has 0 aromatic heterocycles. The molecule has 0 radical (unpaired) electrons. The van der Waals surface area contributed by atoms with Crippen LogP contribution in [0.15, 0.2) is 72.3 Å². The molecule has 7 nitrogen and oxygen atoms in total. The van der Waals surface area contributed by atoms with Crippen molar-refractivity contribution in [3.63, 3.8) is 0 Å². The number of carboxylic acids is 1. The molecule has 0 bridgehead atoms. The molecule has 1 aliphatic rings. The van der Waals surface area contributed by atoms with Crippen molar-refractivity contribution in [3.8, 4) is 5.75 Å². The van der Waals surface area contributed by atoms with E-state index < -0.39 is 11.9 Å². The van der Waals surface area contributed by atoms with Crippen molar-refractivity contribution in [2.24, 2.45) is 0 Å². The summed E-state index contributed by atoms with van der Waals surface area (Å²) in [6, 6.07) is 12.8. The van der Waals surface area contributed by atoms with Crippen LogP contribution in [-0.4, -0.2) is 35.5 Å². The van der Waals surface area contributed by atoms with Gasteiger partial charge in [-0.1, -0.05) is 37.3 Å². The summed E-state index contributed by atoms with van der Waals surface area (Å²) in [4.78, 5) is 36.6. The van der Waals surface area contributed by atoms with Crippen LogP contribution in [-0.2, 0) is 4.79 Å². The van der Waals surface area contributed by atoms with Crippen LogP contribution in [0.2, 0.25) is 0 Å². The molecule has 31 heavy (non-hydrogen) atoms. The van der Waals surface area contributed by atoms with Gasteiger partial charge in [-0.25, -0.2) is 4.79 Å². The van der Waals surface area contributed by atoms with E-state index in [1.165, 1.54) is 12.1 Å². The predicted molar refractivity (Wildman–Crippen MR) is 117 cm³/mol. The summed E-state index contributed by atoms with van der Waals surface area (Å²) in [5.41, 5.74) is 1.03. The van der Waals surface area contributed by atoms with Gasteiger partial charge in [-0.2, -0.15) is 0 Å². The second-order valence-corrected chi connectivity index (χ2v) is 7.02. The van der Waals surface area contributed by atoms with E-state index in [-0.39, 0.29) is 23.2 Å². The number of carbonyl (C=O) groups excluding carboxylic acids is 2. The lowest BCUT2D eigenvalue weighted by atomic mass is 10.0. The Morgan fingerprint density at radius 1 is 1.10 bits per heavy atom. The van der Waals surface area contributed by atoms with Gasteiger partial charge in [0.25, 0.3) is 11.8 Å². The van der Waals surface area contributed by atoms with E-state index in [0.29, 0.717) is 29.9 Å². The van der Waals surface area contributed by atoms with E-state index in [9.17, 15) is 19.5 Å². The Morgan fingerprint density at radius 3 is 2.68 bits per heavy atom. The number of hydrogen-bond acceptors (Lipinski definition) is 4. The quantitative estimate of drug-likeness (QED) is 0.603. The Morgan fingerprint density at radius 2 is 1.90 bits per heavy atom. The SMILES string of the molecule is CCCOc1cccc(C(=O)NC2C=C(C(=O)Nc3ccccc3C(=O)O)C=CC2)c1. The first-order valence-electron chi connectivity index (χ1n) is 10.0. The maximum absolute atomic E-state index is 12.6. The average Bonchev–Trinajstić information content (AvgIpc) is 2.78. The van der Waals surface area contributed by atoms with Gasteiger partial charge >= 0.3 is 5.97 Å². The molecule has 0 heterocycles. The first kappa shape index (κ1) is 21.8. The summed E-state index contributed by atoms with van der Waals surface area (Å²) in [7, 11) is 0. The van der Waals surface area contributed by atoms with Crippen LogP contribution in [0.25, 0.3) is 0 Å². The molecular weight excluding hydrogens is 396 g/mol. The summed E-state index contributed by atoms with van der Waals surface area (Å²) in [6.07, 6.45) is 6.52. The highest BCUT2D eigenvalue weighted by molar-refractivity contribution is 6.09. The van der Waals surface area contributed by atoms with Crippen molar-refractivity contribution < 1.29 is 24.2 Å². The molecule has 2 aromatic carbocycles. The minimum absolute atomic E-state index is 0.00580. The molecule has 0 spiro atoms. The standard InChI is InChI=1S/C24H24N2O5/c1-2-13-31-19-10-6-8-17(15-19)22(27)25-18-9-5-7-16(14-18)23(28)26-21-12-4-3-11-20(21)24(29)30/h3-8,10-12,14-15,18H,2,9,13H2,1H3,(H,25,27)(H,26,28)(H,29,30). The fraction of sp³-hybridized carbons (Fsp3) is 0.208. The van der Waals surface area contributed by atoms with E-state index >= 15 is 0 Å². The number of carbonyl (C=O) groups is 3. The zero-order valence-corrected chi connectivity index (χ0v) is 17.1. The minimum atomic E-state index is -1.13. The molecule has 1 aliphatic carbocycles. The molecule has 7 heteroatoms. The van der Waals surface area contributed by atoms with Crippen molar-refractivity contribution >= 4 is 23.5 Å². The number of ether oxygens (including phenoxy) is 1. The Labute approximate surface area is 180 Å². The van der Waals surface area contributed by atoms with Crippen molar-refractivity contribution in [3.05, 3.63) is 83.5 Å². The molecule has 0 aliphatic heterocycles. The summed E-state index contributed by atoms with van der Waals surface area (Å²) in [5.74, 6) is -1.21. The zero-order valence-electron chi connectivity index (χ0n) is 17.1. The number of anilines is 1. The molecule has 0 saturated heterocycles. The number of amides is 2. The molecule has 3 rings (SSSR count). The van der Waals surface area contributed by atoms with Crippen LogP contribution in [0.3, 0.4) is 0 Å². The average molecular weight is 420 g/mol. The number of nitrogens with one attached hydrogen (secondary N) is 2. The first-order chi connectivity index (χ1) is 15.0. The van der Waals surface area contributed by atoms with Gasteiger partial charge in [0.2, 0.25) is 0 Å². The largest absolute Gasteiger partial charge is 0.494 e. The molecule has 1 unspecified atom stereocenters. The Bertz CT molecular complexity index is 1040. The normalized spacial score (nSPS) is 15.0. The third-order valence-corrected chi connectivity index (χ3v) is 4.62. The van der Waals surface area contributed by atoms with E-state index in [1.54, 1.807) is 54.6 Å². The maximum atomic E-state index is 12.6. The summed E-state index contributed by atoms with van der Waals surface area (Å²) in [6.45, 7) is 2.58. The van der Waals surface area contributed by atoms with Gasteiger partial charge in [-0.3, -0.25) is 9.59 Å². The van der Waals surface area contributed by atoms with E-state index in [0.717, 1.165) is 6.42 Å². The monoisotopic (exact) mass is 420 g/mol. The number of aromatic carboxylic acids is 1. The van der Waals surface area contributed by atoms with E-state index in [2.05, 4.69) is 10.6 Å². The lowest BCUT2D eigenvalue weighted by Crippen LogP contribution is -2.35. The van der Waals surface area contributed by atoms with Crippen molar-refractivity contribution in [2.45, 2.75) is 25.8 Å². The number of carboxylic acid groups (broad SMARTS) is 1. The number of hydrogen-bond donors (Lipinski definition) is 3. The van der Waals surface area contributed by atoms with Gasteiger partial charge in [-0.05, 0) is 49.2 Å².